The molecule has 0 aliphatic rings. The van der Waals surface area contributed by atoms with Gasteiger partial charge in [0.15, 0.2) is 11.5 Å². The monoisotopic (exact) mass is 304 g/mol. The molecule has 1 rings (SSSR count). The van der Waals surface area contributed by atoms with E-state index < -0.39 is 36.7 Å². The smallest absolute Gasteiger partial charge is 0.402 e. The second-order valence-corrected chi connectivity index (χ2v) is 3.85. The molecule has 0 aliphatic heterocycles. The molecule has 0 aliphatic carbocycles. The maximum absolute atomic E-state index is 12.3. The second kappa shape index (κ2) is 5.78. The van der Waals surface area contributed by atoms with Crippen LogP contribution in [0.4, 0.5) is 26.3 Å². The van der Waals surface area contributed by atoms with Gasteiger partial charge < -0.3 is 14.6 Å². The van der Waals surface area contributed by atoms with Gasteiger partial charge in [-0.25, -0.2) is 0 Å². The first-order valence-corrected chi connectivity index (χ1v) is 5.28. The molecule has 1 aromatic rings. The van der Waals surface area contributed by atoms with Crippen LogP contribution >= 0.6 is 0 Å². The van der Waals surface area contributed by atoms with E-state index >= 15 is 0 Å². The van der Waals surface area contributed by atoms with Crippen LogP contribution in [0.2, 0.25) is 0 Å². The third kappa shape index (κ3) is 4.80. The zero-order valence-electron chi connectivity index (χ0n) is 10.0. The minimum absolute atomic E-state index is 0.244. The van der Waals surface area contributed by atoms with Crippen LogP contribution in [-0.4, -0.2) is 24.4 Å². The van der Waals surface area contributed by atoms with Crippen molar-refractivity contribution in [3.8, 4) is 11.5 Å². The van der Waals surface area contributed by atoms with Gasteiger partial charge in [-0.3, -0.25) is 0 Å². The van der Waals surface area contributed by atoms with Crippen LogP contribution in [0.15, 0.2) is 18.2 Å². The largest absolute Gasteiger partial charge is 0.573 e. The van der Waals surface area contributed by atoms with Gasteiger partial charge in [0, 0.05) is 18.1 Å². The minimum Gasteiger partial charge on any atom is -0.402 e. The van der Waals surface area contributed by atoms with Crippen LogP contribution in [0.1, 0.15) is 18.4 Å². The number of hydrogen-bond acceptors (Lipinski definition) is 3. The van der Waals surface area contributed by atoms with Gasteiger partial charge in [0.1, 0.15) is 0 Å². The van der Waals surface area contributed by atoms with E-state index in [9.17, 15) is 26.3 Å². The van der Waals surface area contributed by atoms with Crippen molar-refractivity contribution in [2.45, 2.75) is 25.6 Å². The zero-order valence-corrected chi connectivity index (χ0v) is 10.0. The molecule has 3 nitrogen and oxygen atoms in total. The summed E-state index contributed by atoms with van der Waals surface area (Å²) in [5.41, 5.74) is -0.244. The lowest BCUT2D eigenvalue weighted by Crippen LogP contribution is -2.22. The summed E-state index contributed by atoms with van der Waals surface area (Å²) >= 11 is 0. The molecule has 0 saturated carbocycles. The molecule has 1 atom stereocenters. The van der Waals surface area contributed by atoms with Crippen LogP contribution in [0.5, 0.6) is 11.5 Å². The molecular formula is C11H10F6O3. The number of alkyl halides is 6. The Hall–Kier alpha value is -1.64. The van der Waals surface area contributed by atoms with Gasteiger partial charge in [-0.15, -0.1) is 26.3 Å². The van der Waals surface area contributed by atoms with Crippen LogP contribution < -0.4 is 9.47 Å². The molecule has 1 unspecified atom stereocenters. The highest BCUT2D eigenvalue weighted by atomic mass is 19.4. The molecule has 9 heteroatoms. The van der Waals surface area contributed by atoms with Crippen molar-refractivity contribution in [3.63, 3.8) is 0 Å². The fourth-order valence-corrected chi connectivity index (χ4v) is 1.45. The van der Waals surface area contributed by atoms with E-state index in [0.29, 0.717) is 6.07 Å². The van der Waals surface area contributed by atoms with Crippen molar-refractivity contribution >= 4 is 0 Å². The standard InChI is InChI=1S/C11H10F6O3/c1-6(5-18)7-3-2-4-8(19-10(12,13)14)9(7)20-11(15,16)17/h2-4,6,18H,5H2,1H3. The van der Waals surface area contributed by atoms with Gasteiger partial charge in [-0.05, 0) is 6.07 Å². The lowest BCUT2D eigenvalue weighted by Gasteiger charge is -2.20. The molecule has 0 aromatic heterocycles. The topological polar surface area (TPSA) is 38.7 Å². The molecular weight excluding hydrogens is 294 g/mol. The number of ether oxygens (including phenoxy) is 2. The van der Waals surface area contributed by atoms with Crippen LogP contribution in [0.3, 0.4) is 0 Å². The van der Waals surface area contributed by atoms with Crippen molar-refractivity contribution in [2.24, 2.45) is 0 Å². The van der Waals surface area contributed by atoms with E-state index in [-0.39, 0.29) is 5.56 Å². The van der Waals surface area contributed by atoms with Crippen molar-refractivity contribution in [2.75, 3.05) is 6.61 Å². The van der Waals surface area contributed by atoms with E-state index in [4.69, 9.17) is 5.11 Å². The van der Waals surface area contributed by atoms with Crippen LogP contribution in [0.25, 0.3) is 0 Å². The molecule has 0 radical (unpaired) electrons. The van der Waals surface area contributed by atoms with Crippen LogP contribution in [-0.2, 0) is 0 Å². The van der Waals surface area contributed by atoms with E-state index in [2.05, 4.69) is 9.47 Å². The van der Waals surface area contributed by atoms with Gasteiger partial charge in [0.2, 0.25) is 0 Å². The Kier molecular flexibility index (Phi) is 4.74. The number of rotatable bonds is 4. The summed E-state index contributed by atoms with van der Waals surface area (Å²) < 4.78 is 80.4. The summed E-state index contributed by atoms with van der Waals surface area (Å²) in [6.07, 6.45) is -10.3. The summed E-state index contributed by atoms with van der Waals surface area (Å²) in [7, 11) is 0. The zero-order chi connectivity index (χ0) is 15.6. The Balaban J connectivity index is 3.29. The highest BCUT2D eigenvalue weighted by Crippen LogP contribution is 2.41. The Morgan fingerprint density at radius 3 is 2.05 bits per heavy atom. The molecule has 0 heterocycles. The Bertz CT molecular complexity index is 454. The Labute approximate surface area is 109 Å². The third-order valence-electron chi connectivity index (χ3n) is 2.26. The molecule has 0 bridgehead atoms. The molecule has 20 heavy (non-hydrogen) atoms. The lowest BCUT2D eigenvalue weighted by molar-refractivity contribution is -0.287. The summed E-state index contributed by atoms with van der Waals surface area (Å²) in [5, 5.41) is 8.93. The average Bonchev–Trinajstić information content (AvgIpc) is 2.26. The van der Waals surface area contributed by atoms with E-state index in [1.54, 1.807) is 0 Å². The Morgan fingerprint density at radius 1 is 1.05 bits per heavy atom. The number of aliphatic hydroxyl groups is 1. The predicted octanol–water partition coefficient (Wildman–Crippen LogP) is 3.58. The first-order valence-electron chi connectivity index (χ1n) is 5.28. The van der Waals surface area contributed by atoms with Crippen molar-refractivity contribution in [1.29, 1.82) is 0 Å². The summed E-state index contributed by atoms with van der Waals surface area (Å²) in [6.45, 7) is 0.764. The summed E-state index contributed by atoms with van der Waals surface area (Å²) in [4.78, 5) is 0. The maximum Gasteiger partial charge on any atom is 0.573 e. The van der Waals surface area contributed by atoms with Gasteiger partial charge >= 0.3 is 12.7 Å². The molecule has 1 aromatic carbocycles. The van der Waals surface area contributed by atoms with E-state index in [1.165, 1.54) is 6.92 Å². The summed E-state index contributed by atoms with van der Waals surface area (Å²) in [5.74, 6) is -3.09. The number of halogens is 6. The molecule has 1 N–H and O–H groups in total. The minimum atomic E-state index is -5.19. The number of para-hydroxylation sites is 1. The summed E-state index contributed by atoms with van der Waals surface area (Å²) in [6, 6.07) is 2.89. The quantitative estimate of drug-likeness (QED) is 0.864. The van der Waals surface area contributed by atoms with Gasteiger partial charge in [0.25, 0.3) is 0 Å². The normalized spacial score (nSPS) is 14.0. The fourth-order valence-electron chi connectivity index (χ4n) is 1.45. The molecule has 0 spiro atoms. The van der Waals surface area contributed by atoms with Crippen LogP contribution in [0, 0.1) is 0 Å². The van der Waals surface area contributed by atoms with Crippen molar-refractivity contribution in [3.05, 3.63) is 23.8 Å². The third-order valence-corrected chi connectivity index (χ3v) is 2.26. The number of hydrogen-bond donors (Lipinski definition) is 1. The lowest BCUT2D eigenvalue weighted by atomic mass is 10.0. The van der Waals surface area contributed by atoms with Gasteiger partial charge in [0.05, 0.1) is 0 Å². The van der Waals surface area contributed by atoms with Gasteiger partial charge in [-0.1, -0.05) is 19.1 Å². The SMILES string of the molecule is CC(CO)c1cccc(OC(F)(F)F)c1OC(F)(F)F. The fraction of sp³-hybridized carbons (Fsp3) is 0.455. The number of benzene rings is 1. The number of aliphatic hydroxyl groups excluding tert-OH is 1. The molecule has 0 saturated heterocycles. The molecule has 0 amide bonds. The molecule has 114 valence electrons. The highest BCUT2D eigenvalue weighted by molar-refractivity contribution is 5.48. The molecule has 0 fully saturated rings. The van der Waals surface area contributed by atoms with Crippen molar-refractivity contribution in [1.82, 2.24) is 0 Å². The Morgan fingerprint density at radius 2 is 1.60 bits per heavy atom. The first-order chi connectivity index (χ1) is 9.03. The van der Waals surface area contributed by atoms with Crippen molar-refractivity contribution < 1.29 is 40.9 Å². The highest BCUT2D eigenvalue weighted by Gasteiger charge is 2.38. The maximum atomic E-state index is 12.3. The van der Waals surface area contributed by atoms with E-state index in [1.807, 2.05) is 0 Å². The first kappa shape index (κ1) is 16.4. The average molecular weight is 304 g/mol. The van der Waals surface area contributed by atoms with E-state index in [0.717, 1.165) is 12.1 Å². The predicted molar refractivity (Wildman–Crippen MR) is 55.3 cm³/mol. The van der Waals surface area contributed by atoms with Gasteiger partial charge in [-0.2, -0.15) is 0 Å². The second-order valence-electron chi connectivity index (χ2n) is 3.85.